The Labute approximate surface area is 123 Å². The summed E-state index contributed by atoms with van der Waals surface area (Å²) >= 11 is 0. The molecule has 0 spiro atoms. The number of nitrogens with zero attached hydrogens (tertiary/aromatic N) is 3. The first-order valence-electron chi connectivity index (χ1n) is 5.88. The largest absolute Gasteiger partial charge is 0.465 e. The van der Waals surface area contributed by atoms with Crippen LogP contribution in [0.1, 0.15) is 5.56 Å². The van der Waals surface area contributed by atoms with Crippen molar-refractivity contribution in [1.82, 2.24) is 0 Å². The Balaban J connectivity index is 2.75. The lowest BCUT2D eigenvalue weighted by atomic mass is 9.92. The van der Waals surface area contributed by atoms with Crippen molar-refractivity contribution < 1.29 is 17.9 Å². The number of halogens is 3. The molecule has 1 aliphatic rings. The van der Waals surface area contributed by atoms with Crippen LogP contribution in [0.4, 0.5) is 13.2 Å². The maximum atomic E-state index is 13.6. The topological polar surface area (TPSA) is 80.6 Å². The third-order valence-electron chi connectivity index (χ3n) is 3.05. The molecule has 0 saturated carbocycles. The number of hydrogen-bond donors (Lipinski definition) is 0. The zero-order valence-corrected chi connectivity index (χ0v) is 10.8. The van der Waals surface area contributed by atoms with Gasteiger partial charge in [-0.3, -0.25) is 0 Å². The number of nitriles is 3. The summed E-state index contributed by atoms with van der Waals surface area (Å²) in [5.74, 6) is -0.659. The molecule has 0 saturated heterocycles. The molecule has 4 nitrogen and oxygen atoms in total. The fourth-order valence-electron chi connectivity index (χ4n) is 2.04. The summed E-state index contributed by atoms with van der Waals surface area (Å²) in [6, 6.07) is 11.1. The van der Waals surface area contributed by atoms with Crippen LogP contribution >= 0.6 is 0 Å². The maximum Gasteiger partial charge on any atom is 0.436 e. The van der Waals surface area contributed by atoms with Crippen molar-refractivity contribution in [2.24, 2.45) is 0 Å². The van der Waals surface area contributed by atoms with E-state index < -0.39 is 28.7 Å². The molecule has 7 heteroatoms. The third-order valence-corrected chi connectivity index (χ3v) is 3.05. The lowest BCUT2D eigenvalue weighted by Gasteiger charge is -2.30. The summed E-state index contributed by atoms with van der Waals surface area (Å²) in [6.07, 6.45) is -4.29. The van der Waals surface area contributed by atoms with Crippen LogP contribution < -0.4 is 0 Å². The van der Waals surface area contributed by atoms with E-state index in [-0.39, 0.29) is 5.56 Å². The average molecular weight is 301 g/mol. The van der Waals surface area contributed by atoms with Crippen LogP contribution in [0.15, 0.2) is 53.3 Å². The van der Waals surface area contributed by atoms with Crippen molar-refractivity contribution >= 4 is 0 Å². The van der Waals surface area contributed by atoms with E-state index in [2.05, 4.69) is 0 Å². The molecule has 1 aliphatic heterocycles. The predicted octanol–water partition coefficient (Wildman–Crippen LogP) is 3.23. The van der Waals surface area contributed by atoms with Crippen molar-refractivity contribution in [2.75, 3.05) is 0 Å². The Morgan fingerprint density at radius 3 is 2.09 bits per heavy atom. The van der Waals surface area contributed by atoms with Crippen molar-refractivity contribution in [1.29, 1.82) is 15.8 Å². The lowest BCUT2D eigenvalue weighted by Crippen LogP contribution is -2.41. The van der Waals surface area contributed by atoms with Gasteiger partial charge < -0.3 is 4.74 Å². The maximum absolute atomic E-state index is 13.6. The first-order chi connectivity index (χ1) is 10.4. The highest BCUT2D eigenvalue weighted by molar-refractivity contribution is 5.56. The van der Waals surface area contributed by atoms with Gasteiger partial charge in [-0.25, -0.2) is 0 Å². The Morgan fingerprint density at radius 2 is 1.64 bits per heavy atom. The van der Waals surface area contributed by atoms with Crippen LogP contribution in [-0.4, -0.2) is 6.18 Å². The number of rotatable bonds is 1. The van der Waals surface area contributed by atoms with Gasteiger partial charge in [-0.1, -0.05) is 30.3 Å². The molecular formula is C15H6F3N3O. The van der Waals surface area contributed by atoms with Crippen molar-refractivity contribution in [3.63, 3.8) is 0 Å². The molecule has 0 aliphatic carbocycles. The zero-order valence-electron chi connectivity index (χ0n) is 10.8. The first-order valence-corrected chi connectivity index (χ1v) is 5.88. The zero-order chi connectivity index (χ0) is 16.4. The molecule has 1 atom stereocenters. The molecule has 0 bridgehead atoms. The smallest absolute Gasteiger partial charge is 0.436 e. The van der Waals surface area contributed by atoms with Gasteiger partial charge in [-0.15, -0.1) is 0 Å². The molecule has 0 amide bonds. The van der Waals surface area contributed by atoms with Gasteiger partial charge in [0.2, 0.25) is 5.60 Å². The van der Waals surface area contributed by atoms with E-state index in [1.807, 2.05) is 0 Å². The van der Waals surface area contributed by atoms with E-state index in [9.17, 15) is 13.2 Å². The highest BCUT2D eigenvalue weighted by Gasteiger charge is 2.61. The van der Waals surface area contributed by atoms with Gasteiger partial charge in [0.05, 0.1) is 5.57 Å². The second-order valence-corrected chi connectivity index (χ2v) is 4.30. The molecular weight excluding hydrogens is 295 g/mol. The second kappa shape index (κ2) is 5.27. The summed E-state index contributed by atoms with van der Waals surface area (Å²) < 4.78 is 45.7. The van der Waals surface area contributed by atoms with Crippen molar-refractivity contribution in [2.45, 2.75) is 11.8 Å². The SMILES string of the molecule is N#CC1=CC(c2ccccc2)(C(F)(F)F)OC1=C(C#N)C#N. The molecule has 0 aromatic heterocycles. The lowest BCUT2D eigenvalue weighted by molar-refractivity contribution is -0.246. The van der Waals surface area contributed by atoms with Crippen LogP contribution in [0.5, 0.6) is 0 Å². The molecule has 22 heavy (non-hydrogen) atoms. The van der Waals surface area contributed by atoms with Crippen LogP contribution in [0.25, 0.3) is 0 Å². The molecule has 2 rings (SSSR count). The van der Waals surface area contributed by atoms with E-state index in [4.69, 9.17) is 20.5 Å². The standard InChI is InChI=1S/C15H6F3N3O/c16-15(17,18)14(12-4-2-1-3-5-12)6-10(7-19)13(22-14)11(8-20)9-21/h1-6H. The molecule has 0 radical (unpaired) electrons. The van der Waals surface area contributed by atoms with E-state index in [0.29, 0.717) is 6.08 Å². The van der Waals surface area contributed by atoms with E-state index in [1.54, 1.807) is 0 Å². The molecule has 1 aromatic carbocycles. The van der Waals surface area contributed by atoms with Gasteiger partial charge >= 0.3 is 6.18 Å². The Morgan fingerprint density at radius 1 is 1.05 bits per heavy atom. The van der Waals surface area contributed by atoms with Crippen LogP contribution in [0.3, 0.4) is 0 Å². The summed E-state index contributed by atoms with van der Waals surface area (Å²) in [5.41, 5.74) is -4.33. The Hall–Kier alpha value is -3.24. The van der Waals surface area contributed by atoms with Crippen LogP contribution in [0.2, 0.25) is 0 Å². The highest BCUT2D eigenvalue weighted by Crippen LogP contribution is 2.50. The normalized spacial score (nSPS) is 20.2. The van der Waals surface area contributed by atoms with E-state index in [0.717, 1.165) is 0 Å². The summed E-state index contributed by atoms with van der Waals surface area (Å²) in [4.78, 5) is 0. The van der Waals surface area contributed by atoms with Crippen LogP contribution in [-0.2, 0) is 10.3 Å². The predicted molar refractivity (Wildman–Crippen MR) is 67.2 cm³/mol. The quantitative estimate of drug-likeness (QED) is 0.746. The van der Waals surface area contributed by atoms with Gasteiger partial charge in [-0.2, -0.15) is 29.0 Å². The van der Waals surface area contributed by atoms with Gasteiger partial charge in [0, 0.05) is 5.56 Å². The number of allylic oxidation sites excluding steroid dienone is 2. The highest BCUT2D eigenvalue weighted by atomic mass is 19.4. The van der Waals surface area contributed by atoms with E-state index in [1.165, 1.54) is 48.5 Å². The Kier molecular flexibility index (Phi) is 3.63. The van der Waals surface area contributed by atoms with Gasteiger partial charge in [0.15, 0.2) is 11.3 Å². The first kappa shape index (κ1) is 15.2. The van der Waals surface area contributed by atoms with Crippen molar-refractivity contribution in [3.05, 3.63) is 58.9 Å². The van der Waals surface area contributed by atoms with Gasteiger partial charge in [0.1, 0.15) is 18.2 Å². The minimum absolute atomic E-state index is 0.250. The Bertz CT molecular complexity index is 773. The van der Waals surface area contributed by atoms with Crippen molar-refractivity contribution in [3.8, 4) is 18.2 Å². The van der Waals surface area contributed by atoms with Gasteiger partial charge in [-0.05, 0) is 6.08 Å². The monoisotopic (exact) mass is 301 g/mol. The molecule has 0 N–H and O–H groups in total. The molecule has 108 valence electrons. The fourth-order valence-corrected chi connectivity index (χ4v) is 2.04. The third kappa shape index (κ3) is 2.17. The minimum Gasteiger partial charge on any atom is -0.465 e. The minimum atomic E-state index is -4.88. The average Bonchev–Trinajstić information content (AvgIpc) is 2.90. The number of ether oxygens (including phenoxy) is 1. The van der Waals surface area contributed by atoms with Crippen LogP contribution in [0, 0.1) is 34.0 Å². The second-order valence-electron chi connectivity index (χ2n) is 4.30. The number of hydrogen-bond acceptors (Lipinski definition) is 4. The summed E-state index contributed by atoms with van der Waals surface area (Å²) in [6.45, 7) is 0. The van der Waals surface area contributed by atoms with E-state index >= 15 is 0 Å². The summed E-state index contributed by atoms with van der Waals surface area (Å²) in [5, 5.41) is 26.6. The molecule has 1 heterocycles. The molecule has 1 aromatic rings. The number of alkyl halides is 3. The molecule has 0 fully saturated rings. The number of benzene rings is 1. The molecule has 1 unspecified atom stereocenters. The fraction of sp³-hybridized carbons (Fsp3) is 0.133. The van der Waals surface area contributed by atoms with Gasteiger partial charge in [0.25, 0.3) is 0 Å². The summed E-state index contributed by atoms with van der Waals surface area (Å²) in [7, 11) is 0.